The van der Waals surface area contributed by atoms with E-state index in [0.717, 1.165) is 103 Å². The average molecular weight is 759 g/mol. The van der Waals surface area contributed by atoms with Crippen LogP contribution in [-0.4, -0.2) is 65.6 Å². The molecular weight excluding hydrogens is 713 g/mol. The maximum absolute atomic E-state index is 5.65. The maximum Gasteiger partial charge on any atom is 0.160 e. The first-order valence-corrected chi connectivity index (χ1v) is 19.1. The lowest BCUT2D eigenvalue weighted by Gasteiger charge is -2.21. The smallest absolute Gasteiger partial charge is 0.160 e. The molecule has 0 N–H and O–H groups in total. The Morgan fingerprint density at radius 3 is 1.30 bits per heavy atom. The highest BCUT2D eigenvalue weighted by Gasteiger charge is 2.21. The van der Waals surface area contributed by atoms with Crippen LogP contribution >= 0.6 is 0 Å². The van der Waals surface area contributed by atoms with Crippen LogP contribution in [0.15, 0.2) is 121 Å². The van der Waals surface area contributed by atoms with Crippen LogP contribution in [0.1, 0.15) is 25.0 Å². The quantitative estimate of drug-likeness (QED) is 0.108. The molecule has 10 heteroatoms. The largest absolute Gasteiger partial charge is 0.497 e. The summed E-state index contributed by atoms with van der Waals surface area (Å²) in [6.45, 7) is 7.26. The maximum atomic E-state index is 5.65. The first-order chi connectivity index (χ1) is 27.9. The van der Waals surface area contributed by atoms with Crippen molar-refractivity contribution in [3.05, 3.63) is 132 Å². The molecule has 0 saturated carbocycles. The summed E-state index contributed by atoms with van der Waals surface area (Å²) in [4.78, 5) is 18.3. The monoisotopic (exact) mass is 758 g/mol. The van der Waals surface area contributed by atoms with Crippen molar-refractivity contribution in [3.63, 3.8) is 0 Å². The molecule has 10 nitrogen and oxygen atoms in total. The Kier molecular flexibility index (Phi) is 10.5. The molecule has 288 valence electrons. The summed E-state index contributed by atoms with van der Waals surface area (Å²) >= 11 is 0. The van der Waals surface area contributed by atoms with Gasteiger partial charge in [0.15, 0.2) is 11.6 Å². The van der Waals surface area contributed by atoms with E-state index in [1.165, 1.54) is 5.69 Å². The van der Waals surface area contributed by atoms with Gasteiger partial charge in [-0.2, -0.15) is 0 Å². The van der Waals surface area contributed by atoms with E-state index < -0.39 is 0 Å². The van der Waals surface area contributed by atoms with Crippen molar-refractivity contribution in [2.24, 2.45) is 0 Å². The first-order valence-electron chi connectivity index (χ1n) is 19.1. The number of pyridine rings is 1. The molecule has 0 aliphatic carbocycles. The number of hydrogen-bond donors (Lipinski definition) is 0. The van der Waals surface area contributed by atoms with Crippen molar-refractivity contribution in [1.29, 1.82) is 0 Å². The Balaban J connectivity index is 1.34. The summed E-state index contributed by atoms with van der Waals surface area (Å²) in [5.41, 5.74) is 10.5. The second kappa shape index (κ2) is 16.1. The van der Waals surface area contributed by atoms with Crippen LogP contribution in [0.25, 0.3) is 56.2 Å². The topological polar surface area (TPSA) is 88.7 Å². The molecule has 0 aliphatic rings. The molecule has 8 aromatic rings. The zero-order chi connectivity index (χ0) is 39.5. The van der Waals surface area contributed by atoms with Crippen LogP contribution in [0.2, 0.25) is 0 Å². The van der Waals surface area contributed by atoms with Crippen molar-refractivity contribution in [3.8, 4) is 57.2 Å². The molecule has 0 bridgehead atoms. The predicted molar refractivity (Wildman–Crippen MR) is 228 cm³/mol. The van der Waals surface area contributed by atoms with Crippen LogP contribution in [0.4, 0.5) is 5.69 Å². The fourth-order valence-corrected chi connectivity index (χ4v) is 7.52. The van der Waals surface area contributed by atoms with Gasteiger partial charge in [0.1, 0.15) is 34.4 Å². The number of methoxy groups -OCH3 is 4. The van der Waals surface area contributed by atoms with Gasteiger partial charge in [0.25, 0.3) is 0 Å². The highest BCUT2D eigenvalue weighted by atomic mass is 16.5. The molecule has 0 aliphatic heterocycles. The summed E-state index contributed by atoms with van der Waals surface area (Å²) in [7, 11) is 6.67. The molecule has 0 unspecified atom stereocenters. The number of imidazole rings is 2. The molecule has 0 atom stereocenters. The summed E-state index contributed by atoms with van der Waals surface area (Å²) in [6, 6.07) is 41.3. The van der Waals surface area contributed by atoms with Crippen LogP contribution in [0.3, 0.4) is 0 Å². The molecule has 0 radical (unpaired) electrons. The van der Waals surface area contributed by atoms with Gasteiger partial charge in [0.2, 0.25) is 0 Å². The van der Waals surface area contributed by atoms with Crippen LogP contribution < -0.4 is 23.8 Å². The van der Waals surface area contributed by atoms with E-state index in [-0.39, 0.29) is 0 Å². The van der Waals surface area contributed by atoms with Crippen molar-refractivity contribution < 1.29 is 18.9 Å². The van der Waals surface area contributed by atoms with Crippen molar-refractivity contribution in [1.82, 2.24) is 24.1 Å². The van der Waals surface area contributed by atoms with Crippen molar-refractivity contribution >= 4 is 27.8 Å². The van der Waals surface area contributed by atoms with Crippen LogP contribution in [-0.2, 0) is 13.1 Å². The number of para-hydroxylation sites is 4. The minimum atomic E-state index is 0.513. The van der Waals surface area contributed by atoms with Gasteiger partial charge in [0.05, 0.1) is 50.5 Å². The average Bonchev–Trinajstić information content (AvgIpc) is 3.82. The SMILES string of the molecule is CCN(CC)c1ccc(-c2cc(-c3nc4ccccc4n3Cc3cc(OC)cc(OC)c3)nc(-c3nc4ccccc4n3Cc3cc(OC)cc(OC)c3)c2)cc1. The van der Waals surface area contributed by atoms with Crippen LogP contribution in [0.5, 0.6) is 23.0 Å². The van der Waals surface area contributed by atoms with Crippen LogP contribution in [0, 0.1) is 0 Å². The zero-order valence-electron chi connectivity index (χ0n) is 33.2. The second-order valence-electron chi connectivity index (χ2n) is 13.8. The fourth-order valence-electron chi connectivity index (χ4n) is 7.52. The van der Waals surface area contributed by atoms with E-state index >= 15 is 0 Å². The molecule has 0 fully saturated rings. The van der Waals surface area contributed by atoms with Crippen molar-refractivity contribution in [2.45, 2.75) is 26.9 Å². The molecule has 0 amide bonds. The van der Waals surface area contributed by atoms with Gasteiger partial charge in [-0.05, 0) is 109 Å². The summed E-state index contributed by atoms with van der Waals surface area (Å²) in [5.74, 6) is 4.36. The van der Waals surface area contributed by atoms with E-state index in [2.05, 4.69) is 76.4 Å². The molecular formula is C47H46N6O4. The van der Waals surface area contributed by atoms with Gasteiger partial charge in [-0.1, -0.05) is 36.4 Å². The number of aromatic nitrogens is 5. The molecule has 0 spiro atoms. The van der Waals surface area contributed by atoms with Gasteiger partial charge in [-0.25, -0.2) is 15.0 Å². The fraction of sp³-hybridized carbons (Fsp3) is 0.213. The summed E-state index contributed by atoms with van der Waals surface area (Å²) < 4.78 is 27.0. The molecule has 3 aromatic heterocycles. The second-order valence-corrected chi connectivity index (χ2v) is 13.8. The summed E-state index contributed by atoms with van der Waals surface area (Å²) in [6.07, 6.45) is 0. The zero-order valence-corrected chi connectivity index (χ0v) is 33.2. The van der Waals surface area contributed by atoms with E-state index in [4.69, 9.17) is 33.9 Å². The molecule has 57 heavy (non-hydrogen) atoms. The number of benzene rings is 5. The normalized spacial score (nSPS) is 11.3. The Labute approximate surface area is 332 Å². The van der Waals surface area contributed by atoms with E-state index in [1.54, 1.807) is 28.4 Å². The molecule has 3 heterocycles. The number of anilines is 1. The highest BCUT2D eigenvalue weighted by Crippen LogP contribution is 2.35. The minimum Gasteiger partial charge on any atom is -0.497 e. The van der Waals surface area contributed by atoms with Gasteiger partial charge in [-0.15, -0.1) is 0 Å². The first kappa shape index (κ1) is 37.1. The number of fused-ring (bicyclic) bond motifs is 2. The Morgan fingerprint density at radius 1 is 0.474 bits per heavy atom. The van der Waals surface area contributed by atoms with E-state index in [9.17, 15) is 0 Å². The molecule has 8 rings (SSSR count). The third-order valence-electron chi connectivity index (χ3n) is 10.4. The third-order valence-corrected chi connectivity index (χ3v) is 10.4. The number of ether oxygens (including phenoxy) is 4. The number of hydrogen-bond acceptors (Lipinski definition) is 8. The van der Waals surface area contributed by atoms with Crippen molar-refractivity contribution in [2.75, 3.05) is 46.4 Å². The standard InChI is InChI=1S/C47H46N6O4/c1-7-51(8-2)35-19-17-33(18-20-35)34-25-42(46-49-40-13-9-11-15-44(40)52(46)29-31-21-36(54-3)27-37(22-31)55-4)48-43(26-34)47-50-41-14-10-12-16-45(41)53(47)30-32-23-38(56-5)28-39(24-32)57-6/h9-28H,7-8,29-30H2,1-6H3. The lowest BCUT2D eigenvalue weighted by molar-refractivity contribution is 0.393. The highest BCUT2D eigenvalue weighted by molar-refractivity contribution is 5.84. The Morgan fingerprint density at radius 2 is 0.895 bits per heavy atom. The third kappa shape index (κ3) is 7.46. The van der Waals surface area contributed by atoms with Gasteiger partial charge in [0, 0.05) is 44.0 Å². The number of nitrogens with zero attached hydrogens (tertiary/aromatic N) is 6. The van der Waals surface area contributed by atoms with Gasteiger partial charge >= 0.3 is 0 Å². The summed E-state index contributed by atoms with van der Waals surface area (Å²) in [5, 5.41) is 0. The predicted octanol–water partition coefficient (Wildman–Crippen LogP) is 9.76. The Bertz CT molecular complexity index is 2480. The van der Waals surface area contributed by atoms with Gasteiger partial charge < -0.3 is 33.0 Å². The van der Waals surface area contributed by atoms with Gasteiger partial charge in [-0.3, -0.25) is 0 Å². The van der Waals surface area contributed by atoms with E-state index in [1.807, 2.05) is 72.8 Å². The lowest BCUT2D eigenvalue weighted by atomic mass is 10.0. The Hall–Kier alpha value is -6.81. The lowest BCUT2D eigenvalue weighted by Crippen LogP contribution is -2.21. The molecule has 0 saturated heterocycles. The number of rotatable bonds is 14. The minimum absolute atomic E-state index is 0.513. The van der Waals surface area contributed by atoms with E-state index in [0.29, 0.717) is 13.1 Å². The molecule has 5 aromatic carbocycles.